The molecule has 0 radical (unpaired) electrons. The molecule has 2 aromatic carbocycles. The van der Waals surface area contributed by atoms with E-state index in [9.17, 15) is 18.0 Å². The van der Waals surface area contributed by atoms with Gasteiger partial charge in [-0.1, -0.05) is 22.9 Å². The Hall–Kier alpha value is -2.23. The third-order valence-electron chi connectivity index (χ3n) is 5.64. The third kappa shape index (κ3) is 4.60. The van der Waals surface area contributed by atoms with Crippen molar-refractivity contribution < 1.29 is 22.7 Å². The van der Waals surface area contributed by atoms with Gasteiger partial charge in [0.25, 0.3) is 5.91 Å². The Bertz CT molecular complexity index is 1100. The maximum Gasteiger partial charge on any atom is 0.252 e. The van der Waals surface area contributed by atoms with Crippen molar-refractivity contribution in [3.63, 3.8) is 0 Å². The second kappa shape index (κ2) is 9.33. The molecule has 0 N–H and O–H groups in total. The number of amides is 2. The normalized spacial score (nSPS) is 17.3. The van der Waals surface area contributed by atoms with Crippen molar-refractivity contribution in [2.45, 2.75) is 57.0 Å². The number of benzene rings is 2. The summed E-state index contributed by atoms with van der Waals surface area (Å²) in [4.78, 5) is 27.4. The monoisotopic (exact) mass is 522 g/mol. The van der Waals surface area contributed by atoms with E-state index in [4.69, 9.17) is 4.74 Å². The molecule has 1 aliphatic heterocycles. The van der Waals surface area contributed by atoms with Crippen LogP contribution < -0.4 is 9.64 Å². The Morgan fingerprint density at radius 1 is 1.06 bits per heavy atom. The van der Waals surface area contributed by atoms with Crippen molar-refractivity contribution in [2.24, 2.45) is 0 Å². The Kier molecular flexibility index (Phi) is 7.12. The van der Waals surface area contributed by atoms with E-state index in [0.29, 0.717) is 24.5 Å². The molecule has 0 aliphatic carbocycles. The minimum Gasteiger partial charge on any atom is -0.494 e. The van der Waals surface area contributed by atoms with Crippen molar-refractivity contribution in [3.05, 3.63) is 53.0 Å². The van der Waals surface area contributed by atoms with E-state index < -0.39 is 33.4 Å². The van der Waals surface area contributed by atoms with E-state index >= 15 is 0 Å². The van der Waals surface area contributed by atoms with Crippen LogP contribution in [0.1, 0.15) is 40.5 Å². The van der Waals surface area contributed by atoms with Crippen molar-refractivity contribution in [1.82, 2.24) is 4.31 Å². The predicted molar refractivity (Wildman–Crippen MR) is 126 cm³/mol. The van der Waals surface area contributed by atoms with Crippen LogP contribution in [0, 0.1) is 0 Å². The molecule has 9 heteroatoms. The van der Waals surface area contributed by atoms with E-state index in [1.165, 1.54) is 16.4 Å². The van der Waals surface area contributed by atoms with Gasteiger partial charge in [-0.25, -0.2) is 13.3 Å². The highest BCUT2D eigenvalue weighted by Crippen LogP contribution is 2.36. The molecule has 172 valence electrons. The molecule has 2 amide bonds. The fourth-order valence-electron chi connectivity index (χ4n) is 3.72. The summed E-state index contributed by atoms with van der Waals surface area (Å²) in [5, 5.41) is 0. The Balaban J connectivity index is 2.02. The number of hydrogen-bond acceptors (Lipinski definition) is 5. The van der Waals surface area contributed by atoms with Gasteiger partial charge in [-0.05, 0) is 75.7 Å². The largest absolute Gasteiger partial charge is 0.494 e. The van der Waals surface area contributed by atoms with Crippen LogP contribution in [-0.4, -0.2) is 42.7 Å². The van der Waals surface area contributed by atoms with E-state index in [1.807, 2.05) is 13.8 Å². The van der Waals surface area contributed by atoms with Crippen LogP contribution in [0.5, 0.6) is 5.75 Å². The van der Waals surface area contributed by atoms with Crippen molar-refractivity contribution >= 4 is 43.5 Å². The molecule has 0 bridgehead atoms. The SMILES string of the molecule is CCOc1ccc(N2C(=O)CC(N(C(C)(C)CC)S(=O)(=O)c3ccc(Br)cc3)C2=O)cc1. The highest BCUT2D eigenvalue weighted by molar-refractivity contribution is 9.10. The smallest absolute Gasteiger partial charge is 0.252 e. The van der Waals surface area contributed by atoms with Crippen LogP contribution in [0.4, 0.5) is 5.69 Å². The van der Waals surface area contributed by atoms with Gasteiger partial charge in [0.2, 0.25) is 15.9 Å². The molecule has 1 aliphatic rings. The molecule has 32 heavy (non-hydrogen) atoms. The number of carbonyl (C=O) groups excluding carboxylic acids is 2. The van der Waals surface area contributed by atoms with E-state index in [1.54, 1.807) is 50.2 Å². The van der Waals surface area contributed by atoms with Crippen molar-refractivity contribution in [1.29, 1.82) is 0 Å². The lowest BCUT2D eigenvalue weighted by atomic mass is 10.00. The zero-order chi connectivity index (χ0) is 23.7. The number of rotatable bonds is 8. The van der Waals surface area contributed by atoms with Gasteiger partial charge in [-0.2, -0.15) is 4.31 Å². The minimum absolute atomic E-state index is 0.0713. The van der Waals surface area contributed by atoms with Crippen LogP contribution in [0.3, 0.4) is 0 Å². The maximum atomic E-state index is 13.7. The number of halogens is 1. The first-order chi connectivity index (χ1) is 15.0. The second-order valence-electron chi connectivity index (χ2n) is 8.13. The second-order valence-corrected chi connectivity index (χ2v) is 10.9. The summed E-state index contributed by atoms with van der Waals surface area (Å²) < 4.78 is 34.7. The van der Waals surface area contributed by atoms with Gasteiger partial charge in [0.1, 0.15) is 11.8 Å². The van der Waals surface area contributed by atoms with Gasteiger partial charge in [-0.15, -0.1) is 0 Å². The van der Waals surface area contributed by atoms with Crippen molar-refractivity contribution in [2.75, 3.05) is 11.5 Å². The molecular formula is C23H27BrN2O5S. The molecular weight excluding hydrogens is 496 g/mol. The molecule has 1 fully saturated rings. The number of hydrogen-bond donors (Lipinski definition) is 0. The summed E-state index contributed by atoms with van der Waals surface area (Å²) in [5.41, 5.74) is -0.498. The van der Waals surface area contributed by atoms with Gasteiger partial charge in [0, 0.05) is 10.0 Å². The minimum atomic E-state index is -4.05. The first-order valence-electron chi connectivity index (χ1n) is 10.4. The number of carbonyl (C=O) groups is 2. The lowest BCUT2D eigenvalue weighted by Crippen LogP contribution is -2.55. The number of nitrogens with zero attached hydrogens (tertiary/aromatic N) is 2. The molecule has 0 saturated carbocycles. The van der Waals surface area contributed by atoms with Gasteiger partial charge in [0.05, 0.1) is 23.6 Å². The van der Waals surface area contributed by atoms with Gasteiger partial charge >= 0.3 is 0 Å². The fraction of sp³-hybridized carbons (Fsp3) is 0.391. The van der Waals surface area contributed by atoms with E-state index in [2.05, 4.69) is 15.9 Å². The Morgan fingerprint density at radius 2 is 1.66 bits per heavy atom. The van der Waals surface area contributed by atoms with Crippen LogP contribution in [0.2, 0.25) is 0 Å². The topological polar surface area (TPSA) is 84.0 Å². The summed E-state index contributed by atoms with van der Waals surface area (Å²) in [6.07, 6.45) is 0.245. The van der Waals surface area contributed by atoms with E-state index in [0.717, 1.165) is 9.37 Å². The first kappa shape index (κ1) is 24.4. The van der Waals surface area contributed by atoms with Gasteiger partial charge < -0.3 is 4.74 Å². The summed E-state index contributed by atoms with van der Waals surface area (Å²) in [7, 11) is -4.05. The average molecular weight is 523 g/mol. The van der Waals surface area contributed by atoms with Gasteiger partial charge in [0.15, 0.2) is 0 Å². The molecule has 2 aromatic rings. The highest BCUT2D eigenvalue weighted by atomic mass is 79.9. The van der Waals surface area contributed by atoms with Crippen LogP contribution in [0.15, 0.2) is 57.9 Å². The van der Waals surface area contributed by atoms with Crippen LogP contribution >= 0.6 is 15.9 Å². The zero-order valence-corrected chi connectivity index (χ0v) is 20.9. The number of sulfonamides is 1. The van der Waals surface area contributed by atoms with E-state index in [-0.39, 0.29) is 11.3 Å². The fourth-order valence-corrected chi connectivity index (χ4v) is 5.97. The molecule has 1 unspecified atom stereocenters. The Morgan fingerprint density at radius 3 is 2.19 bits per heavy atom. The molecule has 7 nitrogen and oxygen atoms in total. The van der Waals surface area contributed by atoms with Crippen LogP contribution in [-0.2, 0) is 19.6 Å². The summed E-state index contributed by atoms with van der Waals surface area (Å²) in [6.45, 7) is 7.75. The average Bonchev–Trinajstić information content (AvgIpc) is 3.02. The van der Waals surface area contributed by atoms with Crippen molar-refractivity contribution in [3.8, 4) is 5.75 Å². The lowest BCUT2D eigenvalue weighted by molar-refractivity contribution is -0.122. The first-order valence-corrected chi connectivity index (χ1v) is 12.7. The number of ether oxygens (including phenoxy) is 1. The summed E-state index contributed by atoms with van der Waals surface area (Å²) in [5.74, 6) is -0.369. The highest BCUT2D eigenvalue weighted by Gasteiger charge is 2.51. The number of imide groups is 1. The lowest BCUT2D eigenvalue weighted by Gasteiger charge is -2.39. The number of anilines is 1. The standard InChI is InChI=1S/C23H27BrN2O5S/c1-5-23(3,4)26(32(29,30)19-13-7-16(24)8-14-19)20-15-21(27)25(22(20)28)17-9-11-18(12-10-17)31-6-2/h7-14,20H,5-6,15H2,1-4H3. The van der Waals surface area contributed by atoms with Crippen LogP contribution in [0.25, 0.3) is 0 Å². The summed E-state index contributed by atoms with van der Waals surface area (Å²) >= 11 is 3.31. The molecule has 1 saturated heterocycles. The summed E-state index contributed by atoms with van der Waals surface area (Å²) in [6, 6.07) is 11.7. The molecule has 1 heterocycles. The Labute approximate surface area is 197 Å². The molecule has 0 spiro atoms. The molecule has 3 rings (SSSR count). The molecule has 1 atom stereocenters. The third-order valence-corrected chi connectivity index (χ3v) is 8.31. The maximum absolute atomic E-state index is 13.7. The predicted octanol–water partition coefficient (Wildman–Crippen LogP) is 4.36. The van der Waals surface area contributed by atoms with Gasteiger partial charge in [-0.3, -0.25) is 9.59 Å². The quantitative estimate of drug-likeness (QED) is 0.481. The molecule has 0 aromatic heterocycles. The zero-order valence-electron chi connectivity index (χ0n) is 18.5.